The molecule has 0 spiro atoms. The predicted molar refractivity (Wildman–Crippen MR) is 85.3 cm³/mol. The molecule has 0 aliphatic carbocycles. The summed E-state index contributed by atoms with van der Waals surface area (Å²) in [7, 11) is 0. The number of para-hydroxylation sites is 1. The lowest BCUT2D eigenvalue weighted by Crippen LogP contribution is -2.25. The molecule has 0 fully saturated rings. The zero-order chi connectivity index (χ0) is 15.1. The Balaban J connectivity index is 1.73. The van der Waals surface area contributed by atoms with Crippen molar-refractivity contribution in [3.8, 4) is 5.75 Å². The van der Waals surface area contributed by atoms with Crippen LogP contribution in [0, 0.1) is 0 Å². The van der Waals surface area contributed by atoms with Gasteiger partial charge >= 0.3 is 0 Å². The fourth-order valence-corrected chi connectivity index (χ4v) is 2.14. The van der Waals surface area contributed by atoms with Gasteiger partial charge in [-0.25, -0.2) is 0 Å². The number of ether oxygens (including phenoxy) is 1. The number of nitrogens with one attached hydrogen (secondary N) is 1. The third-order valence-electron chi connectivity index (χ3n) is 2.81. The van der Waals surface area contributed by atoms with Crippen LogP contribution in [0.15, 0.2) is 48.5 Å². The molecule has 0 aliphatic heterocycles. The number of amides is 1. The van der Waals surface area contributed by atoms with Crippen molar-refractivity contribution < 1.29 is 9.53 Å². The molecule has 0 saturated carbocycles. The highest BCUT2D eigenvalue weighted by Gasteiger charge is 2.11. The molecule has 0 unspecified atom stereocenters. The van der Waals surface area contributed by atoms with E-state index >= 15 is 0 Å². The van der Waals surface area contributed by atoms with Crippen molar-refractivity contribution in [2.45, 2.75) is 6.42 Å². The molecule has 110 valence electrons. The summed E-state index contributed by atoms with van der Waals surface area (Å²) in [6, 6.07) is 14.5. The molecule has 0 bridgehead atoms. The van der Waals surface area contributed by atoms with Gasteiger partial charge < -0.3 is 10.1 Å². The first-order valence-electron chi connectivity index (χ1n) is 6.58. The molecule has 2 aromatic rings. The van der Waals surface area contributed by atoms with Crippen molar-refractivity contribution in [2.24, 2.45) is 0 Å². The highest BCUT2D eigenvalue weighted by Crippen LogP contribution is 2.25. The van der Waals surface area contributed by atoms with Gasteiger partial charge in [-0.2, -0.15) is 0 Å². The number of hydrogen-bond acceptors (Lipinski definition) is 2. The topological polar surface area (TPSA) is 38.3 Å². The van der Waals surface area contributed by atoms with E-state index < -0.39 is 0 Å². The number of hydrogen-bond donors (Lipinski definition) is 1. The number of halogens is 2. The molecule has 0 saturated heterocycles. The van der Waals surface area contributed by atoms with Gasteiger partial charge in [0.25, 0.3) is 5.91 Å². The summed E-state index contributed by atoms with van der Waals surface area (Å²) in [6.45, 7) is 1.04. The van der Waals surface area contributed by atoms with Gasteiger partial charge in [0, 0.05) is 6.54 Å². The largest absolute Gasteiger partial charge is 0.494 e. The molecular weight excluding hydrogens is 309 g/mol. The summed E-state index contributed by atoms with van der Waals surface area (Å²) < 4.78 is 5.54. The van der Waals surface area contributed by atoms with E-state index in [1.54, 1.807) is 18.2 Å². The number of benzene rings is 2. The van der Waals surface area contributed by atoms with Gasteiger partial charge in [0.2, 0.25) is 0 Å². The lowest BCUT2D eigenvalue weighted by atomic mass is 10.2. The van der Waals surface area contributed by atoms with Gasteiger partial charge in [-0.05, 0) is 30.7 Å². The molecule has 0 aliphatic rings. The molecule has 0 atom stereocenters. The molecule has 0 radical (unpaired) electrons. The maximum absolute atomic E-state index is 12.0. The van der Waals surface area contributed by atoms with E-state index in [0.717, 1.165) is 5.75 Å². The summed E-state index contributed by atoms with van der Waals surface area (Å²) in [4.78, 5) is 12.0. The highest BCUT2D eigenvalue weighted by molar-refractivity contribution is 6.43. The van der Waals surface area contributed by atoms with Crippen molar-refractivity contribution in [2.75, 3.05) is 13.2 Å². The van der Waals surface area contributed by atoms with Gasteiger partial charge in [-0.1, -0.05) is 47.5 Å². The standard InChI is InChI=1S/C16H15Cl2NO2/c17-14-9-4-8-13(15(14)18)16(20)19-10-5-11-21-12-6-2-1-3-7-12/h1-4,6-9H,5,10-11H2,(H,19,20). The molecule has 21 heavy (non-hydrogen) atoms. The van der Waals surface area contributed by atoms with Crippen LogP contribution in [0.2, 0.25) is 10.0 Å². The zero-order valence-corrected chi connectivity index (χ0v) is 12.8. The molecule has 2 aromatic carbocycles. The maximum atomic E-state index is 12.0. The fourth-order valence-electron chi connectivity index (χ4n) is 1.76. The first kappa shape index (κ1) is 15.7. The maximum Gasteiger partial charge on any atom is 0.252 e. The Morgan fingerprint density at radius 2 is 1.81 bits per heavy atom. The van der Waals surface area contributed by atoms with Crippen LogP contribution >= 0.6 is 23.2 Å². The normalized spacial score (nSPS) is 10.2. The van der Waals surface area contributed by atoms with E-state index in [4.69, 9.17) is 27.9 Å². The second-order valence-corrected chi connectivity index (χ2v) is 5.16. The van der Waals surface area contributed by atoms with Crippen LogP contribution in [0.5, 0.6) is 5.75 Å². The summed E-state index contributed by atoms with van der Waals surface area (Å²) in [5.74, 6) is 0.587. The first-order valence-corrected chi connectivity index (χ1v) is 7.34. The van der Waals surface area contributed by atoms with E-state index in [1.165, 1.54) is 0 Å². The average molecular weight is 324 g/mol. The SMILES string of the molecule is O=C(NCCCOc1ccccc1)c1cccc(Cl)c1Cl. The summed E-state index contributed by atoms with van der Waals surface area (Å²) in [6.07, 6.45) is 0.707. The number of rotatable bonds is 6. The van der Waals surface area contributed by atoms with Crippen molar-refractivity contribution >= 4 is 29.1 Å². The Hall–Kier alpha value is -1.71. The van der Waals surface area contributed by atoms with Crippen LogP contribution in [0.3, 0.4) is 0 Å². The summed E-state index contributed by atoms with van der Waals surface area (Å²) in [5, 5.41) is 3.44. The van der Waals surface area contributed by atoms with Gasteiger partial charge in [0.05, 0.1) is 22.2 Å². The second kappa shape index (κ2) is 7.91. The molecule has 3 nitrogen and oxygen atoms in total. The summed E-state index contributed by atoms with van der Waals surface area (Å²) >= 11 is 11.9. The van der Waals surface area contributed by atoms with E-state index in [2.05, 4.69) is 5.32 Å². The van der Waals surface area contributed by atoms with Crippen molar-refractivity contribution in [3.05, 3.63) is 64.1 Å². The minimum absolute atomic E-state index is 0.234. The van der Waals surface area contributed by atoms with Gasteiger partial charge in [0.1, 0.15) is 5.75 Å². The van der Waals surface area contributed by atoms with Crippen LogP contribution in [0.1, 0.15) is 16.8 Å². The Kier molecular flexibility index (Phi) is 5.90. The molecule has 5 heteroatoms. The van der Waals surface area contributed by atoms with Crippen molar-refractivity contribution in [1.29, 1.82) is 0 Å². The van der Waals surface area contributed by atoms with E-state index in [9.17, 15) is 4.79 Å². The van der Waals surface area contributed by atoms with E-state index in [1.807, 2.05) is 30.3 Å². The van der Waals surface area contributed by atoms with E-state index in [0.29, 0.717) is 30.2 Å². The van der Waals surface area contributed by atoms with Crippen molar-refractivity contribution in [3.63, 3.8) is 0 Å². The van der Waals surface area contributed by atoms with Crippen LogP contribution in [0.25, 0.3) is 0 Å². The number of carbonyl (C=O) groups is 1. The Morgan fingerprint density at radius 3 is 2.57 bits per heavy atom. The minimum atomic E-state index is -0.234. The van der Waals surface area contributed by atoms with Gasteiger partial charge in [0.15, 0.2) is 0 Å². The van der Waals surface area contributed by atoms with Crippen LogP contribution in [-0.2, 0) is 0 Å². The lowest BCUT2D eigenvalue weighted by molar-refractivity contribution is 0.0951. The van der Waals surface area contributed by atoms with Gasteiger partial charge in [-0.3, -0.25) is 4.79 Å². The zero-order valence-electron chi connectivity index (χ0n) is 11.3. The van der Waals surface area contributed by atoms with Gasteiger partial charge in [-0.15, -0.1) is 0 Å². The van der Waals surface area contributed by atoms with Crippen molar-refractivity contribution in [1.82, 2.24) is 5.32 Å². The molecule has 0 aromatic heterocycles. The molecule has 1 N–H and O–H groups in total. The first-order chi connectivity index (χ1) is 10.2. The molecule has 0 heterocycles. The van der Waals surface area contributed by atoms with Crippen LogP contribution in [0.4, 0.5) is 0 Å². The predicted octanol–water partition coefficient (Wildman–Crippen LogP) is 4.19. The Morgan fingerprint density at radius 1 is 1.05 bits per heavy atom. The third kappa shape index (κ3) is 4.66. The summed E-state index contributed by atoms with van der Waals surface area (Å²) in [5.41, 5.74) is 0.383. The number of carbonyl (C=O) groups excluding carboxylic acids is 1. The fraction of sp³-hybridized carbons (Fsp3) is 0.188. The Bertz CT molecular complexity index is 602. The second-order valence-electron chi connectivity index (χ2n) is 4.37. The third-order valence-corrected chi connectivity index (χ3v) is 3.63. The monoisotopic (exact) mass is 323 g/mol. The average Bonchev–Trinajstić information content (AvgIpc) is 2.50. The highest BCUT2D eigenvalue weighted by atomic mass is 35.5. The lowest BCUT2D eigenvalue weighted by Gasteiger charge is -2.08. The Labute approximate surface area is 133 Å². The van der Waals surface area contributed by atoms with Crippen LogP contribution in [-0.4, -0.2) is 19.1 Å². The van der Waals surface area contributed by atoms with E-state index in [-0.39, 0.29) is 10.9 Å². The molecule has 2 rings (SSSR count). The van der Waals surface area contributed by atoms with Crippen LogP contribution < -0.4 is 10.1 Å². The smallest absolute Gasteiger partial charge is 0.252 e. The molecular formula is C16H15Cl2NO2. The quantitative estimate of drug-likeness (QED) is 0.809. The molecule has 1 amide bonds. The minimum Gasteiger partial charge on any atom is -0.494 e.